The van der Waals surface area contributed by atoms with Crippen molar-refractivity contribution in [2.45, 2.75) is 38.3 Å². The summed E-state index contributed by atoms with van der Waals surface area (Å²) in [4.78, 5) is 12.8. The molecule has 0 spiro atoms. The topological polar surface area (TPSA) is 66.6 Å². The lowest BCUT2D eigenvalue weighted by molar-refractivity contribution is -0.140. The van der Waals surface area contributed by atoms with Gasteiger partial charge in [-0.3, -0.25) is 9.69 Å². The van der Waals surface area contributed by atoms with E-state index in [1.807, 2.05) is 6.92 Å². The first-order chi connectivity index (χ1) is 6.13. The molecule has 2 atom stereocenters. The van der Waals surface area contributed by atoms with Crippen molar-refractivity contribution < 1.29 is 9.90 Å². The number of nitrogens with two attached hydrogens (primary N) is 1. The van der Waals surface area contributed by atoms with E-state index in [1.165, 1.54) is 6.42 Å². The first kappa shape index (κ1) is 10.5. The maximum absolute atomic E-state index is 10.6. The van der Waals surface area contributed by atoms with Crippen molar-refractivity contribution in [3.05, 3.63) is 0 Å². The van der Waals surface area contributed by atoms with Gasteiger partial charge in [-0.25, -0.2) is 0 Å². The zero-order chi connectivity index (χ0) is 9.84. The maximum atomic E-state index is 10.6. The van der Waals surface area contributed by atoms with Crippen LogP contribution in [0.25, 0.3) is 0 Å². The molecular formula is C9H18N2O2. The van der Waals surface area contributed by atoms with Gasteiger partial charge in [-0.2, -0.15) is 0 Å². The van der Waals surface area contributed by atoms with Crippen LogP contribution in [0, 0.1) is 0 Å². The summed E-state index contributed by atoms with van der Waals surface area (Å²) in [6, 6.07) is -0.795. The number of hydrogen-bond donors (Lipinski definition) is 2. The minimum atomic E-state index is -0.905. The number of piperidine rings is 1. The fraction of sp³-hybridized carbons (Fsp3) is 0.889. The lowest BCUT2D eigenvalue weighted by Crippen LogP contribution is -2.51. The molecule has 0 aliphatic carbocycles. The Morgan fingerprint density at radius 2 is 1.92 bits per heavy atom. The Morgan fingerprint density at radius 3 is 2.38 bits per heavy atom. The van der Waals surface area contributed by atoms with E-state index < -0.39 is 12.0 Å². The highest BCUT2D eigenvalue weighted by Crippen LogP contribution is 2.13. The van der Waals surface area contributed by atoms with Gasteiger partial charge in [0.2, 0.25) is 0 Å². The summed E-state index contributed by atoms with van der Waals surface area (Å²) in [5, 5.41) is 8.73. The number of rotatable bonds is 3. The van der Waals surface area contributed by atoms with Crippen LogP contribution in [0.2, 0.25) is 0 Å². The van der Waals surface area contributed by atoms with Crippen molar-refractivity contribution in [1.82, 2.24) is 4.90 Å². The van der Waals surface area contributed by atoms with Gasteiger partial charge in [0.25, 0.3) is 0 Å². The minimum Gasteiger partial charge on any atom is -0.480 e. The van der Waals surface area contributed by atoms with Crippen molar-refractivity contribution in [3.63, 3.8) is 0 Å². The Balaban J connectivity index is 2.44. The second-order valence-electron chi connectivity index (χ2n) is 3.70. The first-order valence-corrected chi connectivity index (χ1v) is 4.85. The summed E-state index contributed by atoms with van der Waals surface area (Å²) in [7, 11) is 0. The lowest BCUT2D eigenvalue weighted by Gasteiger charge is -2.34. The summed E-state index contributed by atoms with van der Waals surface area (Å²) in [5.74, 6) is -0.905. The Morgan fingerprint density at radius 1 is 1.38 bits per heavy atom. The number of hydrogen-bond acceptors (Lipinski definition) is 3. The Hall–Kier alpha value is -0.610. The highest BCUT2D eigenvalue weighted by molar-refractivity contribution is 5.74. The molecule has 4 nitrogen and oxygen atoms in total. The van der Waals surface area contributed by atoms with Crippen LogP contribution in [0.5, 0.6) is 0 Å². The van der Waals surface area contributed by atoms with Crippen LogP contribution in [-0.4, -0.2) is 41.1 Å². The van der Waals surface area contributed by atoms with Crippen molar-refractivity contribution in [2.24, 2.45) is 5.73 Å². The predicted molar refractivity (Wildman–Crippen MR) is 50.5 cm³/mol. The first-order valence-electron chi connectivity index (χ1n) is 4.85. The molecule has 0 saturated carbocycles. The van der Waals surface area contributed by atoms with Crippen LogP contribution in [0.15, 0.2) is 0 Å². The van der Waals surface area contributed by atoms with E-state index in [4.69, 9.17) is 10.8 Å². The molecule has 0 radical (unpaired) electrons. The highest BCUT2D eigenvalue weighted by atomic mass is 16.4. The second-order valence-corrected chi connectivity index (χ2v) is 3.70. The molecule has 1 heterocycles. The molecule has 1 fully saturated rings. The third kappa shape index (κ3) is 2.67. The maximum Gasteiger partial charge on any atom is 0.322 e. The molecule has 0 aromatic heterocycles. The predicted octanol–water partition coefficient (Wildman–Crippen LogP) is 0.273. The van der Waals surface area contributed by atoms with Gasteiger partial charge in [0.1, 0.15) is 6.04 Å². The molecule has 0 bridgehead atoms. The molecular weight excluding hydrogens is 168 g/mol. The molecule has 1 aliphatic heterocycles. The van der Waals surface area contributed by atoms with Crippen molar-refractivity contribution in [2.75, 3.05) is 13.1 Å². The van der Waals surface area contributed by atoms with Crippen LogP contribution in [0.4, 0.5) is 0 Å². The zero-order valence-electron chi connectivity index (χ0n) is 8.07. The fourth-order valence-corrected chi connectivity index (χ4v) is 1.76. The third-order valence-corrected chi connectivity index (χ3v) is 2.77. The molecule has 0 amide bonds. The van der Waals surface area contributed by atoms with E-state index >= 15 is 0 Å². The van der Waals surface area contributed by atoms with E-state index in [9.17, 15) is 4.79 Å². The van der Waals surface area contributed by atoms with Gasteiger partial charge in [0, 0.05) is 6.04 Å². The van der Waals surface area contributed by atoms with Crippen molar-refractivity contribution >= 4 is 5.97 Å². The average Bonchev–Trinajstić information content (AvgIpc) is 2.17. The molecule has 4 heteroatoms. The Bertz CT molecular complexity index is 178. The SMILES string of the molecule is CC(C(N)C(=O)O)N1CCCCC1. The number of carbonyl (C=O) groups is 1. The number of likely N-dealkylation sites (tertiary alicyclic amines) is 1. The zero-order valence-corrected chi connectivity index (χ0v) is 8.07. The number of nitrogens with zero attached hydrogens (tertiary/aromatic N) is 1. The van der Waals surface area contributed by atoms with Gasteiger partial charge in [-0.05, 0) is 32.9 Å². The largest absolute Gasteiger partial charge is 0.480 e. The van der Waals surface area contributed by atoms with Crippen LogP contribution in [0.1, 0.15) is 26.2 Å². The van der Waals surface area contributed by atoms with Crippen LogP contribution in [0.3, 0.4) is 0 Å². The van der Waals surface area contributed by atoms with E-state index in [2.05, 4.69) is 4.90 Å². The summed E-state index contributed by atoms with van der Waals surface area (Å²) in [6.45, 7) is 3.87. The number of carboxylic acids is 1. The molecule has 1 aliphatic rings. The number of aliphatic carboxylic acids is 1. The number of carboxylic acid groups (broad SMARTS) is 1. The molecule has 3 N–H and O–H groups in total. The van der Waals surface area contributed by atoms with Crippen LogP contribution < -0.4 is 5.73 Å². The molecule has 2 unspecified atom stereocenters. The van der Waals surface area contributed by atoms with E-state index in [0.717, 1.165) is 25.9 Å². The molecule has 1 rings (SSSR count). The highest BCUT2D eigenvalue weighted by Gasteiger charge is 2.26. The second kappa shape index (κ2) is 4.58. The monoisotopic (exact) mass is 186 g/mol. The Kier molecular flexibility index (Phi) is 3.69. The molecule has 76 valence electrons. The average molecular weight is 186 g/mol. The van der Waals surface area contributed by atoms with Crippen molar-refractivity contribution in [1.29, 1.82) is 0 Å². The third-order valence-electron chi connectivity index (χ3n) is 2.77. The van der Waals surface area contributed by atoms with E-state index in [-0.39, 0.29) is 6.04 Å². The molecule has 0 aromatic rings. The fourth-order valence-electron chi connectivity index (χ4n) is 1.76. The van der Waals surface area contributed by atoms with Crippen LogP contribution >= 0.6 is 0 Å². The smallest absolute Gasteiger partial charge is 0.322 e. The van der Waals surface area contributed by atoms with E-state index in [0.29, 0.717) is 0 Å². The van der Waals surface area contributed by atoms with Gasteiger partial charge in [0.15, 0.2) is 0 Å². The summed E-state index contributed by atoms with van der Waals surface area (Å²) >= 11 is 0. The molecule has 13 heavy (non-hydrogen) atoms. The normalized spacial score (nSPS) is 23.8. The summed E-state index contributed by atoms with van der Waals surface area (Å²) < 4.78 is 0. The quantitative estimate of drug-likeness (QED) is 0.664. The molecule has 0 aromatic carbocycles. The lowest BCUT2D eigenvalue weighted by atomic mass is 10.0. The van der Waals surface area contributed by atoms with Gasteiger partial charge in [-0.1, -0.05) is 6.42 Å². The summed E-state index contributed by atoms with van der Waals surface area (Å²) in [6.07, 6.45) is 3.58. The standard InChI is InChI=1S/C9H18N2O2/c1-7(8(10)9(12)13)11-5-3-2-4-6-11/h7-8H,2-6,10H2,1H3,(H,12,13). The van der Waals surface area contributed by atoms with E-state index in [1.54, 1.807) is 0 Å². The summed E-state index contributed by atoms with van der Waals surface area (Å²) in [5.41, 5.74) is 5.55. The molecule has 1 saturated heterocycles. The Labute approximate surface area is 78.7 Å². The minimum absolute atomic E-state index is 0.0437. The van der Waals surface area contributed by atoms with Gasteiger partial charge < -0.3 is 10.8 Å². The van der Waals surface area contributed by atoms with Gasteiger partial charge in [0.05, 0.1) is 0 Å². The van der Waals surface area contributed by atoms with Crippen LogP contribution in [-0.2, 0) is 4.79 Å². The van der Waals surface area contributed by atoms with Gasteiger partial charge in [-0.15, -0.1) is 0 Å². The van der Waals surface area contributed by atoms with Crippen molar-refractivity contribution in [3.8, 4) is 0 Å². The van der Waals surface area contributed by atoms with Gasteiger partial charge >= 0.3 is 5.97 Å².